The fraction of sp³-hybridized carbons (Fsp3) is 0.316. The topological polar surface area (TPSA) is 85.5 Å². The lowest BCUT2D eigenvalue weighted by Gasteiger charge is -2.13. The highest BCUT2D eigenvalue weighted by atomic mass is 35.5. The first-order chi connectivity index (χ1) is 12.7. The number of carbonyl (C=O) groups is 3. The molecule has 0 spiro atoms. The zero-order chi connectivity index (χ0) is 20.3. The summed E-state index contributed by atoms with van der Waals surface area (Å²) >= 11 is 5.89. The van der Waals surface area contributed by atoms with Crippen LogP contribution >= 0.6 is 11.6 Å². The molecule has 0 radical (unpaired) electrons. The number of aromatic amines is 1. The van der Waals surface area contributed by atoms with Crippen LogP contribution in [-0.4, -0.2) is 35.9 Å². The Kier molecular flexibility index (Phi) is 6.38. The van der Waals surface area contributed by atoms with E-state index in [-0.39, 0.29) is 21.8 Å². The standard InChI is InChI=1S/C19H19ClFNO5/c1-9-16(19(25)26-4)10(2)22-17(9)18(24)11(3)27-15(23)8-12-13(20)6-5-7-14(12)21/h5-7,11,22H,8H2,1-4H3/t11-/m0/s1. The van der Waals surface area contributed by atoms with Crippen LogP contribution in [0.3, 0.4) is 0 Å². The fourth-order valence-electron chi connectivity index (χ4n) is 2.75. The summed E-state index contributed by atoms with van der Waals surface area (Å²) in [6, 6.07) is 4.07. The number of nitrogens with one attached hydrogen (secondary N) is 1. The molecular formula is C19H19ClFNO5. The summed E-state index contributed by atoms with van der Waals surface area (Å²) in [5.41, 5.74) is 1.29. The van der Waals surface area contributed by atoms with Crippen molar-refractivity contribution in [3.8, 4) is 0 Å². The summed E-state index contributed by atoms with van der Waals surface area (Å²) in [6.07, 6.45) is -1.54. The number of ether oxygens (including phenoxy) is 2. The molecule has 0 aliphatic rings. The maximum Gasteiger partial charge on any atom is 0.339 e. The van der Waals surface area contributed by atoms with Crippen molar-refractivity contribution >= 4 is 29.3 Å². The Labute approximate surface area is 160 Å². The molecule has 0 unspecified atom stereocenters. The Bertz CT molecular complexity index is 885. The van der Waals surface area contributed by atoms with E-state index >= 15 is 0 Å². The van der Waals surface area contributed by atoms with Crippen LogP contribution in [0.15, 0.2) is 18.2 Å². The highest BCUT2D eigenvalue weighted by molar-refractivity contribution is 6.31. The number of aromatic nitrogens is 1. The molecule has 1 atom stereocenters. The Morgan fingerprint density at radius 2 is 1.93 bits per heavy atom. The van der Waals surface area contributed by atoms with Crippen LogP contribution in [0.25, 0.3) is 0 Å². The second-order valence-corrected chi connectivity index (χ2v) is 6.40. The molecule has 1 N–H and O–H groups in total. The molecule has 0 saturated heterocycles. The summed E-state index contributed by atoms with van der Waals surface area (Å²) in [7, 11) is 1.24. The maximum absolute atomic E-state index is 13.8. The van der Waals surface area contributed by atoms with Crippen molar-refractivity contribution in [3.05, 3.63) is 57.1 Å². The number of rotatable bonds is 6. The summed E-state index contributed by atoms with van der Waals surface area (Å²) in [5, 5.41) is 0.101. The van der Waals surface area contributed by atoms with Crippen LogP contribution in [0, 0.1) is 19.7 Å². The van der Waals surface area contributed by atoms with Crippen LogP contribution < -0.4 is 0 Å². The van der Waals surface area contributed by atoms with Gasteiger partial charge in [-0.05, 0) is 38.5 Å². The van der Waals surface area contributed by atoms with Gasteiger partial charge in [-0.1, -0.05) is 17.7 Å². The maximum atomic E-state index is 13.8. The van der Waals surface area contributed by atoms with Crippen molar-refractivity contribution < 1.29 is 28.2 Å². The van der Waals surface area contributed by atoms with Gasteiger partial charge in [0.25, 0.3) is 0 Å². The number of hydrogen-bond acceptors (Lipinski definition) is 5. The average Bonchev–Trinajstić information content (AvgIpc) is 2.91. The van der Waals surface area contributed by atoms with Gasteiger partial charge >= 0.3 is 11.9 Å². The lowest BCUT2D eigenvalue weighted by molar-refractivity contribution is -0.145. The van der Waals surface area contributed by atoms with E-state index in [2.05, 4.69) is 4.98 Å². The number of esters is 2. The van der Waals surface area contributed by atoms with Crippen LogP contribution in [0.1, 0.15) is 44.6 Å². The Hall–Kier alpha value is -2.67. The molecule has 0 aliphatic heterocycles. The van der Waals surface area contributed by atoms with E-state index in [0.29, 0.717) is 11.3 Å². The van der Waals surface area contributed by atoms with Gasteiger partial charge in [0.2, 0.25) is 5.78 Å². The number of ketones is 1. The molecule has 1 aromatic heterocycles. The fourth-order valence-corrected chi connectivity index (χ4v) is 2.98. The van der Waals surface area contributed by atoms with Gasteiger partial charge in [0.05, 0.1) is 24.8 Å². The lowest BCUT2D eigenvalue weighted by Crippen LogP contribution is -2.26. The van der Waals surface area contributed by atoms with Gasteiger partial charge in [0, 0.05) is 16.3 Å². The molecule has 0 fully saturated rings. The van der Waals surface area contributed by atoms with Crippen molar-refractivity contribution in [2.75, 3.05) is 7.11 Å². The molecule has 0 bridgehead atoms. The van der Waals surface area contributed by atoms with Gasteiger partial charge in [-0.2, -0.15) is 0 Å². The number of aryl methyl sites for hydroxylation is 1. The molecule has 0 amide bonds. The van der Waals surface area contributed by atoms with Crippen LogP contribution in [0.2, 0.25) is 5.02 Å². The van der Waals surface area contributed by atoms with Crippen molar-refractivity contribution in [2.24, 2.45) is 0 Å². The first-order valence-electron chi connectivity index (χ1n) is 8.11. The molecule has 144 valence electrons. The second kappa shape index (κ2) is 8.35. The molecule has 0 aliphatic carbocycles. The molecule has 1 heterocycles. The zero-order valence-electron chi connectivity index (χ0n) is 15.3. The van der Waals surface area contributed by atoms with Crippen molar-refractivity contribution in [1.82, 2.24) is 4.98 Å². The Morgan fingerprint density at radius 1 is 1.26 bits per heavy atom. The molecule has 2 rings (SSSR count). The average molecular weight is 396 g/mol. The van der Waals surface area contributed by atoms with E-state index in [4.69, 9.17) is 21.1 Å². The summed E-state index contributed by atoms with van der Waals surface area (Å²) in [5.74, 6) is -2.51. The molecule has 8 heteroatoms. The minimum Gasteiger partial charge on any atom is -0.465 e. The van der Waals surface area contributed by atoms with Gasteiger partial charge in [-0.15, -0.1) is 0 Å². The quantitative estimate of drug-likeness (QED) is 0.597. The number of Topliss-reactive ketones (excluding diaryl/α,β-unsaturated/α-hetero) is 1. The molecular weight excluding hydrogens is 377 g/mol. The number of halogens is 2. The third kappa shape index (κ3) is 4.36. The summed E-state index contributed by atoms with van der Waals surface area (Å²) in [4.78, 5) is 39.3. The van der Waals surface area contributed by atoms with E-state index in [1.807, 2.05) is 0 Å². The van der Waals surface area contributed by atoms with E-state index < -0.39 is 36.1 Å². The number of benzene rings is 1. The predicted molar refractivity (Wildman–Crippen MR) is 96.6 cm³/mol. The monoisotopic (exact) mass is 395 g/mol. The zero-order valence-corrected chi connectivity index (χ0v) is 16.1. The highest BCUT2D eigenvalue weighted by Gasteiger charge is 2.27. The van der Waals surface area contributed by atoms with Crippen molar-refractivity contribution in [3.63, 3.8) is 0 Å². The Balaban J connectivity index is 2.14. The number of hydrogen-bond donors (Lipinski definition) is 1. The summed E-state index contributed by atoms with van der Waals surface area (Å²) < 4.78 is 23.6. The van der Waals surface area contributed by atoms with E-state index in [1.165, 1.54) is 32.2 Å². The van der Waals surface area contributed by atoms with Gasteiger partial charge in [0.1, 0.15) is 5.82 Å². The Morgan fingerprint density at radius 3 is 2.52 bits per heavy atom. The van der Waals surface area contributed by atoms with E-state index in [1.54, 1.807) is 13.8 Å². The largest absolute Gasteiger partial charge is 0.465 e. The number of carbonyl (C=O) groups excluding carboxylic acids is 3. The van der Waals surface area contributed by atoms with Gasteiger partial charge in [-0.3, -0.25) is 9.59 Å². The minimum absolute atomic E-state index is 0.00342. The van der Waals surface area contributed by atoms with Gasteiger partial charge < -0.3 is 14.5 Å². The first-order valence-corrected chi connectivity index (χ1v) is 8.49. The third-order valence-corrected chi connectivity index (χ3v) is 4.49. The minimum atomic E-state index is -1.13. The van der Waals surface area contributed by atoms with Crippen LogP contribution in [-0.2, 0) is 20.7 Å². The highest BCUT2D eigenvalue weighted by Crippen LogP contribution is 2.22. The van der Waals surface area contributed by atoms with Crippen LogP contribution in [0.4, 0.5) is 4.39 Å². The van der Waals surface area contributed by atoms with Gasteiger partial charge in [-0.25, -0.2) is 9.18 Å². The SMILES string of the molecule is COC(=O)c1c(C)[nH]c(C(=O)[C@H](C)OC(=O)Cc2c(F)cccc2Cl)c1C. The van der Waals surface area contributed by atoms with E-state index in [9.17, 15) is 18.8 Å². The van der Waals surface area contributed by atoms with Crippen molar-refractivity contribution in [1.29, 1.82) is 0 Å². The first kappa shape index (κ1) is 20.6. The second-order valence-electron chi connectivity index (χ2n) is 5.99. The number of H-pyrrole nitrogens is 1. The molecule has 1 aromatic carbocycles. The molecule has 6 nitrogen and oxygen atoms in total. The molecule has 27 heavy (non-hydrogen) atoms. The van der Waals surface area contributed by atoms with E-state index in [0.717, 1.165) is 0 Å². The van der Waals surface area contributed by atoms with Crippen molar-refractivity contribution in [2.45, 2.75) is 33.3 Å². The number of methoxy groups -OCH3 is 1. The predicted octanol–water partition coefficient (Wildman–Crippen LogP) is 3.57. The molecule has 0 saturated carbocycles. The summed E-state index contributed by atoms with van der Waals surface area (Å²) in [6.45, 7) is 4.63. The smallest absolute Gasteiger partial charge is 0.339 e. The lowest BCUT2D eigenvalue weighted by atomic mass is 10.1. The molecule has 2 aromatic rings. The normalized spacial score (nSPS) is 11.8. The van der Waals surface area contributed by atoms with Gasteiger partial charge in [0.15, 0.2) is 6.10 Å². The third-order valence-electron chi connectivity index (χ3n) is 4.13. The van der Waals surface area contributed by atoms with Crippen LogP contribution in [0.5, 0.6) is 0 Å².